The van der Waals surface area contributed by atoms with E-state index in [-0.39, 0.29) is 0 Å². The molecule has 0 saturated heterocycles. The van der Waals surface area contributed by atoms with E-state index in [0.717, 1.165) is 23.7 Å². The lowest BCUT2D eigenvalue weighted by atomic mass is 9.96. The molecule has 0 aliphatic carbocycles. The van der Waals surface area contributed by atoms with Crippen molar-refractivity contribution in [3.8, 4) is 0 Å². The van der Waals surface area contributed by atoms with E-state index in [4.69, 9.17) is 0 Å². The highest BCUT2D eigenvalue weighted by Gasteiger charge is 2.02. The van der Waals surface area contributed by atoms with Gasteiger partial charge in [-0.3, -0.25) is 0 Å². The summed E-state index contributed by atoms with van der Waals surface area (Å²) in [5.41, 5.74) is 0. The Morgan fingerprint density at radius 2 is 0.233 bits per heavy atom. The van der Waals surface area contributed by atoms with Gasteiger partial charge in [-0.15, -0.1) is 0 Å². The molecule has 394 valence electrons. The maximum Gasteiger partial charge on any atom is -0.0417 e. The minimum absolute atomic E-state index is 1.000. The van der Waals surface area contributed by atoms with E-state index in [9.17, 15) is 0 Å². The van der Waals surface area contributed by atoms with Crippen molar-refractivity contribution >= 4 is 0 Å². The topological polar surface area (TPSA) is 0 Å². The average Bonchev–Trinajstić information content (AvgIpc) is 3.38. The predicted molar refractivity (Wildman–Crippen MR) is 313 cm³/mol. The lowest BCUT2D eigenvalue weighted by Gasteiger charge is -2.10. The Balaban J connectivity index is -0.0000000231. The van der Waals surface area contributed by atoms with Crippen molar-refractivity contribution in [2.75, 3.05) is 0 Å². The molecule has 60 heavy (non-hydrogen) atoms. The third-order valence-electron chi connectivity index (χ3n) is 7.65. The Morgan fingerprint density at radius 3 is 0.283 bits per heavy atom. The van der Waals surface area contributed by atoms with Gasteiger partial charge < -0.3 is 0 Å². The smallest absolute Gasteiger partial charge is 0.0417 e. The zero-order chi connectivity index (χ0) is 53.0. The van der Waals surface area contributed by atoms with E-state index in [1.807, 2.05) is 180 Å². The molecule has 0 bridgehead atoms. The predicted octanol–water partition coefficient (Wildman–Crippen LogP) is 27.0. The van der Waals surface area contributed by atoms with Crippen molar-refractivity contribution in [3.05, 3.63) is 0 Å². The van der Waals surface area contributed by atoms with Crippen molar-refractivity contribution < 1.29 is 0 Å². The lowest BCUT2D eigenvalue weighted by Crippen LogP contribution is -1.96. The Bertz CT molecular complexity index is 244. The van der Waals surface area contributed by atoms with Gasteiger partial charge in [0.25, 0.3) is 0 Å². The van der Waals surface area contributed by atoms with E-state index < -0.39 is 0 Å². The maximum absolute atomic E-state index is 2.30. The number of hydrogen-bond acceptors (Lipinski definition) is 0. The lowest BCUT2D eigenvalue weighted by molar-refractivity contribution is 0.427. The summed E-state index contributed by atoms with van der Waals surface area (Å²) in [6, 6.07) is 0. The van der Waals surface area contributed by atoms with Crippen LogP contribution in [0.15, 0.2) is 0 Å². The minimum atomic E-state index is 1.000. The van der Waals surface area contributed by atoms with Gasteiger partial charge in [-0.1, -0.05) is 379 Å². The summed E-state index contributed by atoms with van der Waals surface area (Å²) >= 11 is 0. The molecule has 0 unspecified atom stereocenters. The van der Waals surface area contributed by atoms with Crippen LogP contribution in [-0.2, 0) is 0 Å². The van der Waals surface area contributed by atoms with Gasteiger partial charge in [0.15, 0.2) is 0 Å². The first-order valence-corrected chi connectivity index (χ1v) is 29.4. The maximum atomic E-state index is 2.30. The number of hydrogen-bond donors (Lipinski definition) is 0. The van der Waals surface area contributed by atoms with Gasteiger partial charge in [-0.2, -0.15) is 0 Å². The summed E-state index contributed by atoms with van der Waals surface area (Å²) < 4.78 is 0. The molecule has 0 amide bonds. The molecule has 0 rings (SSSR count). The van der Waals surface area contributed by atoms with E-state index in [2.05, 4.69) is 83.1 Å². The third-order valence-corrected chi connectivity index (χ3v) is 7.65. The summed E-state index contributed by atoms with van der Waals surface area (Å²) in [5, 5.41) is 0. The van der Waals surface area contributed by atoms with Crippen LogP contribution in [-0.4, -0.2) is 0 Å². The standard InChI is InChI=1S/2C9H20.2C8H18.13C2H6/c2*1-4-7-9(6-3)8-5-2;2*1-4-7-8(5-2)6-3;13*1-2/h2*9H,4-8H2,1-3H3;2*8H,4-7H2,1-3H3;13*1-2H3. The molecule has 0 radical (unpaired) electrons. The Hall–Kier alpha value is 0. The van der Waals surface area contributed by atoms with Crippen molar-refractivity contribution in [2.24, 2.45) is 23.7 Å². The zero-order valence-corrected chi connectivity index (χ0v) is 53.0. The van der Waals surface area contributed by atoms with Crippen LogP contribution in [0.1, 0.15) is 379 Å². The molecule has 0 aliphatic heterocycles. The second-order valence-electron chi connectivity index (χ2n) is 10.6. The third kappa shape index (κ3) is 209. The van der Waals surface area contributed by atoms with Crippen molar-refractivity contribution in [1.82, 2.24) is 0 Å². The van der Waals surface area contributed by atoms with Gasteiger partial charge in [0, 0.05) is 0 Å². The highest BCUT2D eigenvalue weighted by molar-refractivity contribution is 4.55. The molecule has 0 saturated carbocycles. The summed E-state index contributed by atoms with van der Waals surface area (Å²) in [6.45, 7) is 79.4. The monoisotopic (exact) mass is 875 g/mol. The molecule has 0 aliphatic rings. The van der Waals surface area contributed by atoms with Gasteiger partial charge in [0.1, 0.15) is 0 Å². The van der Waals surface area contributed by atoms with Gasteiger partial charge in [0.2, 0.25) is 0 Å². The van der Waals surface area contributed by atoms with E-state index >= 15 is 0 Å². The van der Waals surface area contributed by atoms with E-state index in [1.54, 1.807) is 0 Å². The SMILES string of the molecule is CC.CC.CC.CC.CC.CC.CC.CC.CC.CC.CC.CC.CC.CCCC(CC)CC.CCCC(CC)CC.CCCC(CC)CCC.CCCC(CC)CCC. The quantitative estimate of drug-likeness (QED) is 0.129. The molecule has 0 heterocycles. The van der Waals surface area contributed by atoms with Gasteiger partial charge in [0.05, 0.1) is 0 Å². The molecule has 0 aromatic heterocycles. The summed E-state index contributed by atoms with van der Waals surface area (Å²) in [6.07, 6.45) is 24.9. The highest BCUT2D eigenvalue weighted by Crippen LogP contribution is 2.17. The van der Waals surface area contributed by atoms with Crippen molar-refractivity contribution in [2.45, 2.75) is 379 Å². The minimum Gasteiger partial charge on any atom is -0.0683 e. The molecule has 0 nitrogen and oxygen atoms in total. The van der Waals surface area contributed by atoms with Crippen LogP contribution in [0.2, 0.25) is 0 Å². The fourth-order valence-corrected chi connectivity index (χ4v) is 4.95. The van der Waals surface area contributed by atoms with Gasteiger partial charge in [-0.25, -0.2) is 0 Å². The van der Waals surface area contributed by atoms with Crippen LogP contribution in [0.25, 0.3) is 0 Å². The largest absolute Gasteiger partial charge is 0.0683 e. The highest BCUT2D eigenvalue weighted by atomic mass is 14.1. The van der Waals surface area contributed by atoms with E-state index in [1.165, 1.54) is 116 Å². The van der Waals surface area contributed by atoms with Crippen LogP contribution >= 0.6 is 0 Å². The first-order chi connectivity index (χ1) is 29.4. The summed E-state index contributed by atoms with van der Waals surface area (Å²) in [5.74, 6) is 4.03. The zero-order valence-electron chi connectivity index (χ0n) is 53.0. The molecule has 0 heteroatoms. The Kier molecular flexibility index (Phi) is 415. The van der Waals surface area contributed by atoms with Crippen LogP contribution in [0.3, 0.4) is 0 Å². The van der Waals surface area contributed by atoms with Crippen molar-refractivity contribution in [1.29, 1.82) is 0 Å². The molecule has 0 N–H and O–H groups in total. The molecule has 0 aromatic rings. The average molecular weight is 876 g/mol. The summed E-state index contributed by atoms with van der Waals surface area (Å²) in [7, 11) is 0. The first kappa shape index (κ1) is 113. The fraction of sp³-hybridized carbons (Fsp3) is 1.00. The van der Waals surface area contributed by atoms with Crippen LogP contribution < -0.4 is 0 Å². The second-order valence-corrected chi connectivity index (χ2v) is 10.6. The molecule has 0 aromatic carbocycles. The van der Waals surface area contributed by atoms with Crippen LogP contribution in [0, 0.1) is 23.7 Å². The molecule has 0 fully saturated rings. The second kappa shape index (κ2) is 221. The molecule has 0 spiro atoms. The fourth-order valence-electron chi connectivity index (χ4n) is 4.95. The normalized spacial score (nSPS) is 7.30. The van der Waals surface area contributed by atoms with Gasteiger partial charge >= 0.3 is 0 Å². The molecular formula is C60H154. The van der Waals surface area contributed by atoms with E-state index in [0.29, 0.717) is 0 Å². The van der Waals surface area contributed by atoms with Crippen LogP contribution in [0.5, 0.6) is 0 Å². The first-order valence-electron chi connectivity index (χ1n) is 29.4. The molecule has 0 atom stereocenters. The van der Waals surface area contributed by atoms with Crippen molar-refractivity contribution in [3.63, 3.8) is 0 Å². The summed E-state index contributed by atoms with van der Waals surface area (Å²) in [4.78, 5) is 0. The van der Waals surface area contributed by atoms with Crippen LogP contribution in [0.4, 0.5) is 0 Å². The Morgan fingerprint density at radius 1 is 0.150 bits per heavy atom. The van der Waals surface area contributed by atoms with Gasteiger partial charge in [-0.05, 0) is 23.7 Å². The molecular weight excluding hydrogens is 721 g/mol. The Labute approximate surface area is 400 Å². The number of rotatable bonds is 18.